The molecular formula is C22H31N3. The minimum absolute atomic E-state index is 0.424. The fourth-order valence-corrected chi connectivity index (χ4v) is 3.67. The topological polar surface area (TPSA) is 18.5 Å². The van der Waals surface area contributed by atoms with Gasteiger partial charge in [-0.2, -0.15) is 0 Å². The Hall–Kier alpha value is -1.84. The highest BCUT2D eigenvalue weighted by molar-refractivity contribution is 5.46. The van der Waals surface area contributed by atoms with E-state index in [0.29, 0.717) is 12.0 Å². The Kier molecular flexibility index (Phi) is 5.77. The van der Waals surface area contributed by atoms with E-state index < -0.39 is 0 Å². The van der Waals surface area contributed by atoms with Crippen molar-refractivity contribution in [1.82, 2.24) is 10.2 Å². The first-order valence-corrected chi connectivity index (χ1v) is 9.35. The third-order valence-corrected chi connectivity index (χ3v) is 5.11. The summed E-state index contributed by atoms with van der Waals surface area (Å²) in [4.78, 5) is 4.72. The van der Waals surface area contributed by atoms with Crippen molar-refractivity contribution in [3.63, 3.8) is 0 Å². The number of hydrogen-bond donors (Lipinski definition) is 1. The van der Waals surface area contributed by atoms with Gasteiger partial charge in [-0.05, 0) is 34.7 Å². The Balaban J connectivity index is 1.69. The molecule has 1 heterocycles. The first-order chi connectivity index (χ1) is 12.0. The first-order valence-electron chi connectivity index (χ1n) is 9.35. The molecular weight excluding hydrogens is 306 g/mol. The average molecular weight is 338 g/mol. The maximum Gasteiger partial charge on any atom is 0.0452 e. The molecule has 1 fully saturated rings. The number of anilines is 1. The Morgan fingerprint density at radius 1 is 1.08 bits per heavy atom. The van der Waals surface area contributed by atoms with Gasteiger partial charge < -0.3 is 10.2 Å². The fraction of sp³-hybridized carbons (Fsp3) is 0.455. The molecule has 2 aromatic rings. The van der Waals surface area contributed by atoms with Gasteiger partial charge in [0.05, 0.1) is 0 Å². The zero-order valence-electron chi connectivity index (χ0n) is 16.0. The molecule has 0 radical (unpaired) electrons. The second-order valence-corrected chi connectivity index (χ2v) is 7.59. The van der Waals surface area contributed by atoms with Gasteiger partial charge in [-0.15, -0.1) is 0 Å². The van der Waals surface area contributed by atoms with E-state index in [4.69, 9.17) is 0 Å². The van der Waals surface area contributed by atoms with Crippen molar-refractivity contribution in [2.45, 2.75) is 32.4 Å². The van der Waals surface area contributed by atoms with Gasteiger partial charge in [0, 0.05) is 52.0 Å². The molecule has 25 heavy (non-hydrogen) atoms. The molecule has 1 aliphatic rings. The van der Waals surface area contributed by atoms with E-state index in [9.17, 15) is 0 Å². The standard InChI is InChI=1S/C22H31N3/c1-17(2)20-7-5-6-8-21(20)22-16-25(14-13-23-22)15-18-9-11-19(12-10-18)24(3)4/h5-12,17,22-23H,13-16H2,1-4H3/t22-/m0/s1. The number of benzene rings is 2. The molecule has 1 atom stereocenters. The third-order valence-electron chi connectivity index (χ3n) is 5.11. The van der Waals surface area contributed by atoms with Gasteiger partial charge in [0.25, 0.3) is 0 Å². The van der Waals surface area contributed by atoms with E-state index in [1.807, 2.05) is 0 Å². The molecule has 0 saturated carbocycles. The lowest BCUT2D eigenvalue weighted by Gasteiger charge is -2.35. The van der Waals surface area contributed by atoms with Crippen LogP contribution in [-0.2, 0) is 6.54 Å². The minimum Gasteiger partial charge on any atom is -0.378 e. The van der Waals surface area contributed by atoms with Crippen LogP contribution in [0.3, 0.4) is 0 Å². The number of piperazine rings is 1. The number of hydrogen-bond acceptors (Lipinski definition) is 3. The molecule has 2 aromatic carbocycles. The Bertz CT molecular complexity index is 676. The smallest absolute Gasteiger partial charge is 0.0452 e. The van der Waals surface area contributed by atoms with E-state index in [1.54, 1.807) is 0 Å². The summed E-state index contributed by atoms with van der Waals surface area (Å²) in [6, 6.07) is 18.3. The largest absolute Gasteiger partial charge is 0.378 e. The molecule has 134 valence electrons. The predicted molar refractivity (Wildman–Crippen MR) is 107 cm³/mol. The van der Waals surface area contributed by atoms with Crippen LogP contribution in [0.15, 0.2) is 48.5 Å². The van der Waals surface area contributed by atoms with Crippen molar-refractivity contribution >= 4 is 5.69 Å². The lowest BCUT2D eigenvalue weighted by atomic mass is 9.92. The Morgan fingerprint density at radius 2 is 1.80 bits per heavy atom. The van der Waals surface area contributed by atoms with Crippen LogP contribution in [0.1, 0.15) is 42.5 Å². The zero-order chi connectivity index (χ0) is 17.8. The summed E-state index contributed by atoms with van der Waals surface area (Å²) in [7, 11) is 4.17. The number of nitrogens with one attached hydrogen (secondary N) is 1. The lowest BCUT2D eigenvalue weighted by Crippen LogP contribution is -2.45. The van der Waals surface area contributed by atoms with Crippen LogP contribution in [0, 0.1) is 0 Å². The van der Waals surface area contributed by atoms with Crippen LogP contribution < -0.4 is 10.2 Å². The molecule has 0 amide bonds. The number of nitrogens with zero attached hydrogens (tertiary/aromatic N) is 2. The van der Waals surface area contributed by atoms with Crippen molar-refractivity contribution in [2.75, 3.05) is 38.6 Å². The Labute approximate surface area is 152 Å². The highest BCUT2D eigenvalue weighted by atomic mass is 15.2. The van der Waals surface area contributed by atoms with Crippen LogP contribution in [0.2, 0.25) is 0 Å². The monoisotopic (exact) mass is 337 g/mol. The van der Waals surface area contributed by atoms with Crippen molar-refractivity contribution in [3.8, 4) is 0 Å². The second kappa shape index (κ2) is 8.03. The van der Waals surface area contributed by atoms with E-state index in [-0.39, 0.29) is 0 Å². The summed E-state index contributed by atoms with van der Waals surface area (Å²) in [5.41, 5.74) is 5.58. The van der Waals surface area contributed by atoms with E-state index in [0.717, 1.165) is 26.2 Å². The fourth-order valence-electron chi connectivity index (χ4n) is 3.67. The van der Waals surface area contributed by atoms with Crippen LogP contribution in [0.4, 0.5) is 5.69 Å². The van der Waals surface area contributed by atoms with Crippen LogP contribution in [0.5, 0.6) is 0 Å². The van der Waals surface area contributed by atoms with Gasteiger partial charge >= 0.3 is 0 Å². The van der Waals surface area contributed by atoms with Gasteiger partial charge in [-0.3, -0.25) is 4.90 Å². The maximum atomic E-state index is 3.72. The number of rotatable bonds is 5. The molecule has 0 bridgehead atoms. The summed E-state index contributed by atoms with van der Waals surface area (Å²) in [6.45, 7) is 8.81. The molecule has 0 spiro atoms. The average Bonchev–Trinajstić information content (AvgIpc) is 2.62. The molecule has 0 unspecified atom stereocenters. The highest BCUT2D eigenvalue weighted by Gasteiger charge is 2.23. The molecule has 0 aromatic heterocycles. The van der Waals surface area contributed by atoms with Gasteiger partial charge in [0.15, 0.2) is 0 Å². The molecule has 1 N–H and O–H groups in total. The molecule has 1 saturated heterocycles. The van der Waals surface area contributed by atoms with Crippen LogP contribution >= 0.6 is 0 Å². The summed E-state index contributed by atoms with van der Waals surface area (Å²) < 4.78 is 0. The molecule has 3 nitrogen and oxygen atoms in total. The summed E-state index contributed by atoms with van der Waals surface area (Å²) >= 11 is 0. The molecule has 1 aliphatic heterocycles. The van der Waals surface area contributed by atoms with Crippen molar-refractivity contribution < 1.29 is 0 Å². The van der Waals surface area contributed by atoms with E-state index >= 15 is 0 Å². The third kappa shape index (κ3) is 4.42. The van der Waals surface area contributed by atoms with Gasteiger partial charge in [-0.1, -0.05) is 50.2 Å². The van der Waals surface area contributed by atoms with Crippen LogP contribution in [0.25, 0.3) is 0 Å². The van der Waals surface area contributed by atoms with Crippen molar-refractivity contribution in [3.05, 3.63) is 65.2 Å². The first kappa shape index (κ1) is 18.0. The van der Waals surface area contributed by atoms with Gasteiger partial charge in [0.2, 0.25) is 0 Å². The highest BCUT2D eigenvalue weighted by Crippen LogP contribution is 2.27. The second-order valence-electron chi connectivity index (χ2n) is 7.59. The summed E-state index contributed by atoms with van der Waals surface area (Å²) in [6.07, 6.45) is 0. The normalized spacial score (nSPS) is 18.5. The lowest BCUT2D eigenvalue weighted by molar-refractivity contribution is 0.192. The molecule has 3 rings (SSSR count). The molecule has 3 heteroatoms. The van der Waals surface area contributed by atoms with Gasteiger partial charge in [-0.25, -0.2) is 0 Å². The summed E-state index contributed by atoms with van der Waals surface area (Å²) in [5.74, 6) is 0.562. The zero-order valence-corrected chi connectivity index (χ0v) is 16.0. The van der Waals surface area contributed by atoms with Gasteiger partial charge in [0.1, 0.15) is 0 Å². The van der Waals surface area contributed by atoms with E-state index in [2.05, 4.69) is 91.6 Å². The minimum atomic E-state index is 0.424. The SMILES string of the molecule is CC(C)c1ccccc1[C@@H]1CN(Cc2ccc(N(C)C)cc2)CCN1. The van der Waals surface area contributed by atoms with Crippen molar-refractivity contribution in [1.29, 1.82) is 0 Å². The Morgan fingerprint density at radius 3 is 2.48 bits per heavy atom. The quantitative estimate of drug-likeness (QED) is 0.889. The van der Waals surface area contributed by atoms with Crippen molar-refractivity contribution in [2.24, 2.45) is 0 Å². The summed E-state index contributed by atoms with van der Waals surface area (Å²) in [5, 5.41) is 3.72. The molecule has 0 aliphatic carbocycles. The van der Waals surface area contributed by atoms with E-state index in [1.165, 1.54) is 22.4 Å². The maximum absolute atomic E-state index is 3.72. The predicted octanol–water partition coefficient (Wildman–Crippen LogP) is 4.02. The van der Waals surface area contributed by atoms with Crippen LogP contribution in [-0.4, -0.2) is 38.6 Å².